The van der Waals surface area contributed by atoms with E-state index in [1.807, 2.05) is 19.0 Å². The summed E-state index contributed by atoms with van der Waals surface area (Å²) in [6.45, 7) is 6.66. The molecule has 7 heteroatoms. The summed E-state index contributed by atoms with van der Waals surface area (Å²) >= 11 is 0. The van der Waals surface area contributed by atoms with E-state index < -0.39 is 0 Å². The minimum absolute atomic E-state index is 0.0541. The first-order chi connectivity index (χ1) is 13.9. The second-order valence-corrected chi connectivity index (χ2v) is 8.68. The van der Waals surface area contributed by atoms with Gasteiger partial charge < -0.3 is 20.4 Å². The van der Waals surface area contributed by atoms with Crippen molar-refractivity contribution in [3.63, 3.8) is 0 Å². The molecule has 7 nitrogen and oxygen atoms in total. The Kier molecular flexibility index (Phi) is 7.50. The molecule has 0 unspecified atom stereocenters. The summed E-state index contributed by atoms with van der Waals surface area (Å²) in [5.41, 5.74) is 2.54. The normalized spacial score (nSPS) is 22.7. The van der Waals surface area contributed by atoms with Gasteiger partial charge in [-0.15, -0.1) is 0 Å². The number of hydrogen-bond acceptors (Lipinski definition) is 5. The molecule has 2 N–H and O–H groups in total. The molecule has 2 amide bonds. The lowest BCUT2D eigenvalue weighted by Gasteiger charge is -2.36. The number of aryl methyl sites for hydroxylation is 1. The number of piperazine rings is 1. The van der Waals surface area contributed by atoms with E-state index in [9.17, 15) is 9.59 Å². The number of amides is 2. The molecule has 2 aliphatic rings. The first-order valence-electron chi connectivity index (χ1n) is 10.7. The summed E-state index contributed by atoms with van der Waals surface area (Å²) in [7, 11) is 3.77. The molecule has 3 rings (SSSR count). The Bertz CT molecular complexity index is 700. The molecule has 1 aromatic carbocycles. The van der Waals surface area contributed by atoms with Gasteiger partial charge in [-0.25, -0.2) is 0 Å². The van der Waals surface area contributed by atoms with E-state index >= 15 is 0 Å². The Labute approximate surface area is 174 Å². The van der Waals surface area contributed by atoms with Crippen LogP contribution in [0.15, 0.2) is 24.3 Å². The fourth-order valence-electron chi connectivity index (χ4n) is 4.27. The smallest absolute Gasteiger partial charge is 0.234 e. The van der Waals surface area contributed by atoms with Crippen LogP contribution in [-0.2, 0) is 9.59 Å². The quantitative estimate of drug-likeness (QED) is 0.709. The zero-order valence-electron chi connectivity index (χ0n) is 18.0. The molecule has 1 saturated carbocycles. The van der Waals surface area contributed by atoms with Crippen LogP contribution in [0.25, 0.3) is 0 Å². The topological polar surface area (TPSA) is 67.9 Å². The summed E-state index contributed by atoms with van der Waals surface area (Å²) < 4.78 is 0. The van der Waals surface area contributed by atoms with Crippen LogP contribution in [0.2, 0.25) is 0 Å². The monoisotopic (exact) mass is 401 g/mol. The summed E-state index contributed by atoms with van der Waals surface area (Å²) in [6, 6.07) is 8.93. The van der Waals surface area contributed by atoms with E-state index in [0.29, 0.717) is 13.1 Å². The summed E-state index contributed by atoms with van der Waals surface area (Å²) in [5.74, 6) is 0.151. The van der Waals surface area contributed by atoms with Gasteiger partial charge in [0.1, 0.15) is 0 Å². The number of rotatable bonds is 7. The minimum Gasteiger partial charge on any atom is -0.369 e. The van der Waals surface area contributed by atoms with E-state index in [0.717, 1.165) is 45.4 Å². The van der Waals surface area contributed by atoms with Gasteiger partial charge in [0.25, 0.3) is 0 Å². The highest BCUT2D eigenvalue weighted by Crippen LogP contribution is 2.20. The number of benzene rings is 1. The van der Waals surface area contributed by atoms with Crippen molar-refractivity contribution < 1.29 is 9.59 Å². The Morgan fingerprint density at radius 2 is 1.69 bits per heavy atom. The zero-order chi connectivity index (χ0) is 20.8. The molecule has 1 aromatic rings. The highest BCUT2D eigenvalue weighted by atomic mass is 16.2. The first-order valence-corrected chi connectivity index (χ1v) is 10.7. The van der Waals surface area contributed by atoms with Crippen LogP contribution in [0.3, 0.4) is 0 Å². The van der Waals surface area contributed by atoms with Crippen molar-refractivity contribution in [3.05, 3.63) is 29.8 Å². The molecule has 0 aromatic heterocycles. The maximum atomic E-state index is 12.5. The fourth-order valence-corrected chi connectivity index (χ4v) is 4.27. The summed E-state index contributed by atoms with van der Waals surface area (Å²) in [4.78, 5) is 30.9. The van der Waals surface area contributed by atoms with Gasteiger partial charge in [0, 0.05) is 44.0 Å². The standard InChI is InChI=1S/C22H35N5O2/c1-17-5-4-6-20(13-17)27-11-9-26(10-12-27)16-22(29)24-19-8-7-18(14-19)23-21(28)15-25(2)3/h4-6,13,18-19H,7-12,14-16H2,1-3H3,(H,23,28)(H,24,29)/t18-,19+/m1/s1. The van der Waals surface area contributed by atoms with Crippen LogP contribution >= 0.6 is 0 Å². The second kappa shape index (κ2) is 10.1. The van der Waals surface area contributed by atoms with Crippen LogP contribution in [0.1, 0.15) is 24.8 Å². The minimum atomic E-state index is 0.0541. The number of hydrogen-bond donors (Lipinski definition) is 2. The van der Waals surface area contributed by atoms with Gasteiger partial charge in [-0.05, 0) is 58.0 Å². The van der Waals surface area contributed by atoms with Crippen molar-refractivity contribution in [1.29, 1.82) is 0 Å². The van der Waals surface area contributed by atoms with E-state index in [4.69, 9.17) is 0 Å². The van der Waals surface area contributed by atoms with Crippen molar-refractivity contribution >= 4 is 17.5 Å². The molecule has 2 atom stereocenters. The molecule has 1 heterocycles. The van der Waals surface area contributed by atoms with Gasteiger partial charge in [0.05, 0.1) is 13.1 Å². The van der Waals surface area contributed by atoms with Gasteiger partial charge >= 0.3 is 0 Å². The number of carbonyl (C=O) groups is 2. The van der Waals surface area contributed by atoms with E-state index in [2.05, 4.69) is 51.6 Å². The van der Waals surface area contributed by atoms with Crippen molar-refractivity contribution in [3.8, 4) is 0 Å². The van der Waals surface area contributed by atoms with Crippen LogP contribution in [0, 0.1) is 6.92 Å². The highest BCUT2D eigenvalue weighted by Gasteiger charge is 2.28. The van der Waals surface area contributed by atoms with Gasteiger partial charge in [0.15, 0.2) is 0 Å². The van der Waals surface area contributed by atoms with Crippen LogP contribution < -0.4 is 15.5 Å². The lowest BCUT2D eigenvalue weighted by atomic mass is 10.2. The van der Waals surface area contributed by atoms with Crippen LogP contribution in [-0.4, -0.2) is 87.1 Å². The van der Waals surface area contributed by atoms with Crippen molar-refractivity contribution in [2.24, 2.45) is 0 Å². The number of anilines is 1. The molecule has 160 valence electrons. The predicted molar refractivity (Wildman–Crippen MR) is 116 cm³/mol. The Hall–Kier alpha value is -2.12. The van der Waals surface area contributed by atoms with Gasteiger partial charge in [-0.3, -0.25) is 14.5 Å². The number of nitrogens with one attached hydrogen (secondary N) is 2. The molecular formula is C22H35N5O2. The average molecular weight is 402 g/mol. The lowest BCUT2D eigenvalue weighted by Crippen LogP contribution is -2.50. The van der Waals surface area contributed by atoms with Crippen molar-refractivity contribution in [1.82, 2.24) is 20.4 Å². The maximum absolute atomic E-state index is 12.5. The molecule has 0 spiro atoms. The molecule has 1 aliphatic heterocycles. The summed E-state index contributed by atoms with van der Waals surface area (Å²) in [5, 5.41) is 6.24. The third kappa shape index (κ3) is 6.72. The molecule has 2 fully saturated rings. The van der Waals surface area contributed by atoms with E-state index in [1.54, 1.807) is 0 Å². The Balaban J connectivity index is 1.36. The van der Waals surface area contributed by atoms with Crippen LogP contribution in [0.5, 0.6) is 0 Å². The highest BCUT2D eigenvalue weighted by molar-refractivity contribution is 5.79. The van der Waals surface area contributed by atoms with Gasteiger partial charge in [-0.2, -0.15) is 0 Å². The second-order valence-electron chi connectivity index (χ2n) is 8.68. The van der Waals surface area contributed by atoms with E-state index in [-0.39, 0.29) is 23.9 Å². The zero-order valence-corrected chi connectivity index (χ0v) is 18.0. The fraction of sp³-hybridized carbons (Fsp3) is 0.636. The predicted octanol–water partition coefficient (Wildman–Crippen LogP) is 0.832. The molecule has 29 heavy (non-hydrogen) atoms. The largest absolute Gasteiger partial charge is 0.369 e. The van der Waals surface area contributed by atoms with Gasteiger partial charge in [-0.1, -0.05) is 12.1 Å². The number of likely N-dealkylation sites (N-methyl/N-ethyl adjacent to an activating group) is 1. The third-order valence-corrected chi connectivity index (χ3v) is 5.73. The SMILES string of the molecule is Cc1cccc(N2CCN(CC(=O)N[C@H]3CC[C@@H](NC(=O)CN(C)C)C3)CC2)c1. The van der Waals surface area contributed by atoms with Crippen molar-refractivity contribution in [2.45, 2.75) is 38.3 Å². The van der Waals surface area contributed by atoms with E-state index in [1.165, 1.54) is 11.3 Å². The molecule has 0 bridgehead atoms. The average Bonchev–Trinajstić information content (AvgIpc) is 3.08. The number of carbonyl (C=O) groups excluding carboxylic acids is 2. The van der Waals surface area contributed by atoms with Gasteiger partial charge in [0.2, 0.25) is 11.8 Å². The molecule has 1 saturated heterocycles. The number of nitrogens with zero attached hydrogens (tertiary/aromatic N) is 3. The lowest BCUT2D eigenvalue weighted by molar-refractivity contribution is -0.123. The first kappa shape index (κ1) is 21.6. The molecule has 0 radical (unpaired) electrons. The van der Waals surface area contributed by atoms with Crippen molar-refractivity contribution in [2.75, 3.05) is 58.3 Å². The summed E-state index contributed by atoms with van der Waals surface area (Å²) in [6.07, 6.45) is 2.69. The third-order valence-electron chi connectivity index (χ3n) is 5.73. The molecular weight excluding hydrogens is 366 g/mol. The van der Waals surface area contributed by atoms with Crippen LogP contribution in [0.4, 0.5) is 5.69 Å². The Morgan fingerprint density at radius 1 is 1.03 bits per heavy atom. The Morgan fingerprint density at radius 3 is 2.31 bits per heavy atom. The maximum Gasteiger partial charge on any atom is 0.234 e. The molecule has 1 aliphatic carbocycles.